The quantitative estimate of drug-likeness (QED) is 0.633. The summed E-state index contributed by atoms with van der Waals surface area (Å²) in [4.78, 5) is 20.3. The van der Waals surface area contributed by atoms with Crippen LogP contribution in [0.1, 0.15) is 31.5 Å². The van der Waals surface area contributed by atoms with Crippen molar-refractivity contribution in [2.75, 3.05) is 0 Å². The smallest absolute Gasteiger partial charge is 0.328 e. The molecule has 0 bridgehead atoms. The van der Waals surface area contributed by atoms with E-state index in [1.165, 1.54) is 6.92 Å². The SMILES string of the molecule is CCC(C(=O)O)n1ncc([N+](=O)[O-])c1C(F)F. The Kier molecular flexibility index (Phi) is 3.71. The molecule has 0 aliphatic carbocycles. The second kappa shape index (κ2) is 4.85. The largest absolute Gasteiger partial charge is 0.480 e. The Bertz CT molecular complexity index is 446. The van der Waals surface area contributed by atoms with Crippen molar-refractivity contribution in [3.05, 3.63) is 22.0 Å². The van der Waals surface area contributed by atoms with E-state index in [-0.39, 0.29) is 6.42 Å². The number of halogens is 2. The minimum Gasteiger partial charge on any atom is -0.480 e. The van der Waals surface area contributed by atoms with Crippen LogP contribution in [0, 0.1) is 10.1 Å². The summed E-state index contributed by atoms with van der Waals surface area (Å²) in [5.74, 6) is -1.37. The maximum Gasteiger partial charge on any atom is 0.328 e. The third kappa shape index (κ3) is 2.37. The number of carbonyl (C=O) groups is 1. The molecule has 9 heteroatoms. The van der Waals surface area contributed by atoms with Gasteiger partial charge in [0.25, 0.3) is 6.43 Å². The number of aromatic nitrogens is 2. The standard InChI is InChI=1S/C8H9F2N3O4/c1-2-4(8(14)15)12-6(7(9)10)5(3-11-12)13(16)17/h3-4,7H,2H2,1H3,(H,14,15). The molecule has 1 atom stereocenters. The Hall–Kier alpha value is -2.06. The summed E-state index contributed by atoms with van der Waals surface area (Å²) in [5.41, 5.74) is -1.86. The lowest BCUT2D eigenvalue weighted by atomic mass is 10.2. The lowest BCUT2D eigenvalue weighted by Gasteiger charge is -2.12. The fourth-order valence-electron chi connectivity index (χ4n) is 1.42. The normalized spacial score (nSPS) is 12.7. The molecule has 0 amide bonds. The number of alkyl halides is 2. The summed E-state index contributed by atoms with van der Waals surface area (Å²) in [6.07, 6.45) is -2.53. The Morgan fingerprint density at radius 2 is 2.29 bits per heavy atom. The number of hydrogen-bond donors (Lipinski definition) is 1. The Morgan fingerprint density at radius 1 is 1.71 bits per heavy atom. The van der Waals surface area contributed by atoms with Crippen molar-refractivity contribution in [3.63, 3.8) is 0 Å². The molecule has 0 aromatic carbocycles. The third-order valence-corrected chi connectivity index (χ3v) is 2.18. The van der Waals surface area contributed by atoms with E-state index >= 15 is 0 Å². The first-order valence-electron chi connectivity index (χ1n) is 4.62. The maximum atomic E-state index is 12.7. The molecule has 0 fully saturated rings. The molecule has 0 radical (unpaired) electrons. The van der Waals surface area contributed by atoms with Crippen molar-refractivity contribution in [1.29, 1.82) is 0 Å². The Balaban J connectivity index is 3.34. The fraction of sp³-hybridized carbons (Fsp3) is 0.500. The van der Waals surface area contributed by atoms with Crippen molar-refractivity contribution in [2.24, 2.45) is 0 Å². The van der Waals surface area contributed by atoms with Crippen molar-refractivity contribution in [1.82, 2.24) is 9.78 Å². The van der Waals surface area contributed by atoms with E-state index in [0.29, 0.717) is 10.9 Å². The lowest BCUT2D eigenvalue weighted by molar-refractivity contribution is -0.386. The van der Waals surface area contributed by atoms with Gasteiger partial charge in [0.15, 0.2) is 5.69 Å². The number of rotatable bonds is 5. The summed E-state index contributed by atoms with van der Waals surface area (Å²) < 4.78 is 25.9. The third-order valence-electron chi connectivity index (χ3n) is 2.18. The first-order chi connectivity index (χ1) is 7.90. The summed E-state index contributed by atoms with van der Waals surface area (Å²) in [7, 11) is 0. The van der Waals surface area contributed by atoms with Crippen LogP contribution < -0.4 is 0 Å². The zero-order chi connectivity index (χ0) is 13.2. The van der Waals surface area contributed by atoms with Gasteiger partial charge < -0.3 is 5.11 Å². The molecule has 7 nitrogen and oxygen atoms in total. The molecule has 0 saturated heterocycles. The van der Waals surface area contributed by atoms with E-state index in [2.05, 4.69) is 5.10 Å². The fourth-order valence-corrected chi connectivity index (χ4v) is 1.42. The first kappa shape index (κ1) is 13.0. The van der Waals surface area contributed by atoms with Gasteiger partial charge in [-0.2, -0.15) is 5.10 Å². The van der Waals surface area contributed by atoms with Crippen molar-refractivity contribution in [2.45, 2.75) is 25.8 Å². The van der Waals surface area contributed by atoms with Gasteiger partial charge >= 0.3 is 11.7 Å². The van der Waals surface area contributed by atoms with Crippen LogP contribution in [-0.2, 0) is 4.79 Å². The van der Waals surface area contributed by atoms with E-state index in [1.807, 2.05) is 0 Å². The number of aliphatic carboxylic acids is 1. The average molecular weight is 249 g/mol. The minimum atomic E-state index is -3.16. The average Bonchev–Trinajstić information content (AvgIpc) is 2.62. The monoisotopic (exact) mass is 249 g/mol. The first-order valence-corrected chi connectivity index (χ1v) is 4.62. The van der Waals surface area contributed by atoms with E-state index in [9.17, 15) is 23.7 Å². The van der Waals surface area contributed by atoms with Crippen LogP contribution >= 0.6 is 0 Å². The predicted molar refractivity (Wildman–Crippen MR) is 50.8 cm³/mol. The van der Waals surface area contributed by atoms with Crippen LogP contribution in [0.15, 0.2) is 6.20 Å². The summed E-state index contributed by atoms with van der Waals surface area (Å²) in [6, 6.07) is -1.34. The molecule has 0 saturated carbocycles. The molecule has 94 valence electrons. The van der Waals surface area contributed by atoms with Gasteiger partial charge in [0, 0.05) is 0 Å². The second-order valence-electron chi connectivity index (χ2n) is 3.18. The highest BCUT2D eigenvalue weighted by Gasteiger charge is 2.33. The Labute approximate surface area is 93.8 Å². The molecule has 17 heavy (non-hydrogen) atoms. The summed E-state index contributed by atoms with van der Waals surface area (Å²) in [6.45, 7) is 1.46. The zero-order valence-electron chi connectivity index (χ0n) is 8.71. The van der Waals surface area contributed by atoms with Gasteiger partial charge in [0.05, 0.1) is 4.92 Å². The zero-order valence-corrected chi connectivity index (χ0v) is 8.71. The van der Waals surface area contributed by atoms with Gasteiger partial charge in [-0.1, -0.05) is 6.92 Å². The van der Waals surface area contributed by atoms with Crippen molar-refractivity contribution < 1.29 is 23.6 Å². The van der Waals surface area contributed by atoms with Crippen molar-refractivity contribution >= 4 is 11.7 Å². The van der Waals surface area contributed by atoms with Crippen LogP contribution in [-0.4, -0.2) is 25.8 Å². The maximum absolute atomic E-state index is 12.7. The summed E-state index contributed by atoms with van der Waals surface area (Å²) in [5, 5.41) is 22.7. The molecule has 1 unspecified atom stereocenters. The topological polar surface area (TPSA) is 98.3 Å². The molecule has 1 N–H and O–H groups in total. The van der Waals surface area contributed by atoms with Gasteiger partial charge in [0.2, 0.25) is 0 Å². The van der Waals surface area contributed by atoms with Crippen LogP contribution in [0.25, 0.3) is 0 Å². The highest BCUT2D eigenvalue weighted by atomic mass is 19.3. The van der Waals surface area contributed by atoms with Crippen LogP contribution in [0.3, 0.4) is 0 Å². The number of hydrogen-bond acceptors (Lipinski definition) is 4. The molecule has 0 aliphatic heterocycles. The van der Waals surface area contributed by atoms with E-state index in [1.54, 1.807) is 0 Å². The van der Waals surface area contributed by atoms with Crippen LogP contribution in [0.5, 0.6) is 0 Å². The van der Waals surface area contributed by atoms with Crippen LogP contribution in [0.2, 0.25) is 0 Å². The number of carboxylic acid groups (broad SMARTS) is 1. The van der Waals surface area contributed by atoms with Gasteiger partial charge in [-0.25, -0.2) is 18.3 Å². The van der Waals surface area contributed by atoms with E-state index in [0.717, 1.165) is 0 Å². The lowest BCUT2D eigenvalue weighted by Crippen LogP contribution is -2.21. The Morgan fingerprint density at radius 3 is 2.65 bits per heavy atom. The van der Waals surface area contributed by atoms with Crippen molar-refractivity contribution in [3.8, 4) is 0 Å². The van der Waals surface area contributed by atoms with Crippen LogP contribution in [0.4, 0.5) is 14.5 Å². The highest BCUT2D eigenvalue weighted by Crippen LogP contribution is 2.31. The van der Waals surface area contributed by atoms with Gasteiger partial charge in [0.1, 0.15) is 12.2 Å². The number of nitro groups is 1. The number of nitrogens with zero attached hydrogens (tertiary/aromatic N) is 3. The van der Waals surface area contributed by atoms with Gasteiger partial charge in [-0.15, -0.1) is 0 Å². The molecule has 0 aliphatic rings. The second-order valence-corrected chi connectivity index (χ2v) is 3.18. The molecule has 1 aromatic rings. The number of carboxylic acids is 1. The van der Waals surface area contributed by atoms with E-state index in [4.69, 9.17) is 5.11 Å². The molecule has 1 aromatic heterocycles. The predicted octanol–water partition coefficient (Wildman–Crippen LogP) is 1.76. The minimum absolute atomic E-state index is 0.00606. The molecule has 1 heterocycles. The van der Waals surface area contributed by atoms with Gasteiger partial charge in [-0.3, -0.25) is 10.1 Å². The molecular weight excluding hydrogens is 240 g/mol. The van der Waals surface area contributed by atoms with E-state index < -0.39 is 34.7 Å². The highest BCUT2D eigenvalue weighted by molar-refractivity contribution is 5.72. The molecule has 0 spiro atoms. The van der Waals surface area contributed by atoms with Gasteiger partial charge in [-0.05, 0) is 6.42 Å². The summed E-state index contributed by atoms with van der Waals surface area (Å²) >= 11 is 0. The molecular formula is C8H9F2N3O4. The molecule has 1 rings (SSSR count).